The summed E-state index contributed by atoms with van der Waals surface area (Å²) in [6.45, 7) is 23.7. The average molecular weight is 1480 g/mol. The van der Waals surface area contributed by atoms with E-state index in [0.29, 0.717) is 6.04 Å². The minimum atomic E-state index is -0.833. The molecule has 4 aromatic carbocycles. The van der Waals surface area contributed by atoms with E-state index in [0.717, 1.165) is 91.5 Å². The first kappa shape index (κ1) is 109. The number of aliphatic carboxylic acids is 1. The van der Waals surface area contributed by atoms with E-state index >= 15 is 0 Å². The number of carbonyl (C=O) groups is 4. The SMILES string of the molecule is C.CBr.CC.CC.CC(=O)CO.CC(=O)CO.CC(=O)N1CC(N2CCN([C-]=O)CC2)C1.CC(=O)O.CSC.CSC.CSC.O=[C-]N1CCN(C2CNC2)CC1.[B]B([B])[B].[Y].[Y].c1ccccc1.c1ccccc1.c1ccccc1.c1ccccc1. The van der Waals surface area contributed by atoms with Crippen LogP contribution in [-0.4, -0.2) is 253 Å². The number of halogens is 1. The van der Waals surface area contributed by atoms with Crippen molar-refractivity contribution in [2.45, 2.75) is 74.9 Å². The zero-order valence-electron chi connectivity index (χ0n) is 54.5. The molecule has 4 saturated heterocycles. The van der Waals surface area contributed by atoms with Crippen molar-refractivity contribution < 1.29 is 110 Å². The van der Waals surface area contributed by atoms with Gasteiger partial charge < -0.3 is 44.9 Å². The molecule has 4 aromatic rings. The van der Waals surface area contributed by atoms with E-state index in [1.165, 1.54) is 13.8 Å². The van der Waals surface area contributed by atoms with E-state index in [-0.39, 0.29) is 104 Å². The molecule has 0 unspecified atom stereocenters. The molecular formula is C62H107B4BrN6O9S3Y2-2. The van der Waals surface area contributed by atoms with Crippen molar-refractivity contribution in [2.24, 2.45) is 0 Å². The van der Waals surface area contributed by atoms with E-state index in [1.54, 1.807) is 52.0 Å². The summed E-state index contributed by atoms with van der Waals surface area (Å²) in [5.41, 5.74) is 0. The van der Waals surface area contributed by atoms with Crippen LogP contribution < -0.4 is 5.32 Å². The van der Waals surface area contributed by atoms with Crippen molar-refractivity contribution in [1.29, 1.82) is 0 Å². The molecule has 8 radical (unpaired) electrons. The number of Topliss-reactive ketones (excluding diaryl/α,β-unsaturated/α-hetero) is 2. The molecule has 25 heteroatoms. The molecule has 0 saturated carbocycles. The van der Waals surface area contributed by atoms with Gasteiger partial charge in [-0.05, 0) is 57.2 Å². The van der Waals surface area contributed by atoms with Gasteiger partial charge in [0.25, 0.3) is 5.97 Å². The number of thioether (sulfide) groups is 3. The number of carboxylic acids is 1. The first-order valence-corrected chi connectivity index (χ1v) is 33.8. The maximum absolute atomic E-state index is 11.0. The fourth-order valence-electron chi connectivity index (χ4n) is 5.37. The standard InChI is InChI=1S/C10H16N3O2.C8H14N3O.4C6H6.2C3H6O2.C2H4O2.3C2H6S.2C2H6.CH3Br.CH4.B4.2Y/c1-9(15)13-6-10(7-13)12-4-2-11(8-14)3-5-12;12-7-10-1-3-11(4-2-10)8-5-9-6-8;4*1-2-4-6-5-3-1;2*1-3(5)2-4;1-2(3)4;3*1-3-2;3*1-2;;1-4(2)3;;/h10H,2-7H2,1H3;8-9H,1-6H2;4*1-6H;2*4H,2H2,1H3;1H3,(H,3,4);3*1-2H3;2*1-2H3;1H3;1H4;;;/q2*-1;;;;;;;;;;;;;;;;;. The molecule has 0 aromatic heterocycles. The summed E-state index contributed by atoms with van der Waals surface area (Å²) in [5, 5.41) is 26.3. The van der Waals surface area contributed by atoms with Gasteiger partial charge in [-0.15, -0.1) is 0 Å². The van der Waals surface area contributed by atoms with Crippen molar-refractivity contribution >= 4 is 117 Å². The van der Waals surface area contributed by atoms with Gasteiger partial charge in [0.1, 0.15) is 13.2 Å². The number of carbonyl (C=O) groups excluding carboxylic acids is 5. The molecule has 484 valence electrons. The predicted octanol–water partition coefficient (Wildman–Crippen LogP) is 8.63. The molecule has 0 atom stereocenters. The Morgan fingerprint density at radius 1 is 0.483 bits per heavy atom. The van der Waals surface area contributed by atoms with E-state index in [9.17, 15) is 24.0 Å². The molecule has 15 nitrogen and oxygen atoms in total. The van der Waals surface area contributed by atoms with Crippen molar-refractivity contribution in [3.8, 4) is 0 Å². The zero-order valence-corrected chi connectivity index (χ0v) is 64.2. The number of piperazine rings is 2. The number of likely N-dealkylation sites (tertiary alicyclic amines) is 1. The number of hydrogen-bond donors (Lipinski definition) is 4. The minimum Gasteiger partial charge on any atom is -0.520 e. The second-order valence-corrected chi connectivity index (χ2v) is 18.7. The number of alkyl halides is 1. The summed E-state index contributed by atoms with van der Waals surface area (Å²) in [4.78, 5) is 69.9. The Kier molecular flexibility index (Phi) is 120. The monoisotopic (exact) mass is 1480 g/mol. The van der Waals surface area contributed by atoms with Crippen molar-refractivity contribution in [2.75, 3.05) is 135 Å². The van der Waals surface area contributed by atoms with Crippen LogP contribution in [0, 0.1) is 0 Å². The number of amides is 3. The van der Waals surface area contributed by atoms with Crippen LogP contribution in [0.5, 0.6) is 0 Å². The van der Waals surface area contributed by atoms with Crippen molar-refractivity contribution in [3.63, 3.8) is 0 Å². The van der Waals surface area contributed by atoms with Gasteiger partial charge in [0.15, 0.2) is 11.6 Å². The van der Waals surface area contributed by atoms with Gasteiger partial charge in [0.2, 0.25) is 5.91 Å². The van der Waals surface area contributed by atoms with E-state index in [4.69, 9.17) is 20.1 Å². The van der Waals surface area contributed by atoms with Crippen LogP contribution in [-0.2, 0) is 94.2 Å². The predicted molar refractivity (Wildman–Crippen MR) is 381 cm³/mol. The summed E-state index contributed by atoms with van der Waals surface area (Å²) < 4.78 is 0. The minimum absolute atomic E-state index is 0. The van der Waals surface area contributed by atoms with Gasteiger partial charge in [-0.25, -0.2) is 0 Å². The summed E-state index contributed by atoms with van der Waals surface area (Å²) >= 11 is 8.19. The summed E-state index contributed by atoms with van der Waals surface area (Å²) in [6, 6.07) is 49.2. The molecule has 0 spiro atoms. The molecule has 0 aliphatic carbocycles. The van der Waals surface area contributed by atoms with E-state index in [2.05, 4.69) is 54.3 Å². The largest absolute Gasteiger partial charge is 0.520 e. The topological polar surface area (TPSA) is 191 Å². The third-order valence-corrected chi connectivity index (χ3v) is 9.10. The van der Waals surface area contributed by atoms with E-state index < -0.39 is 12.4 Å². The Bertz CT molecular complexity index is 1630. The molecule has 4 aliphatic heterocycles. The number of hydrogen-bond acceptors (Lipinski definition) is 14. The molecule has 4 aliphatic rings. The molecule has 4 fully saturated rings. The Hall–Kier alpha value is -2.10. The number of aliphatic hydroxyl groups excluding tert-OH is 2. The van der Waals surface area contributed by atoms with Crippen LogP contribution in [0.15, 0.2) is 146 Å². The Morgan fingerprint density at radius 3 is 0.759 bits per heavy atom. The van der Waals surface area contributed by atoms with Gasteiger partial charge in [0.05, 0.1) is 0 Å². The second kappa shape index (κ2) is 95.0. The van der Waals surface area contributed by atoms with E-state index in [1.807, 2.05) is 234 Å². The first-order chi connectivity index (χ1) is 40.3. The average Bonchev–Trinajstić information content (AvgIpc) is 2.59. The van der Waals surface area contributed by atoms with Crippen LogP contribution in [0.4, 0.5) is 0 Å². The second-order valence-electron chi connectivity index (χ2n) is 16.3. The van der Waals surface area contributed by atoms with Gasteiger partial charge in [-0.3, -0.25) is 29.0 Å². The molecule has 3 amide bonds. The van der Waals surface area contributed by atoms with Gasteiger partial charge >= 0.3 is 0 Å². The summed E-state index contributed by atoms with van der Waals surface area (Å²) in [7, 11) is 14.0. The molecular weight excluding hydrogens is 1370 g/mol. The third-order valence-electron chi connectivity index (χ3n) is 9.10. The van der Waals surface area contributed by atoms with Crippen LogP contribution in [0.1, 0.15) is 62.8 Å². The number of carboxylic acid groups (broad SMARTS) is 1. The summed E-state index contributed by atoms with van der Waals surface area (Å²) in [5.74, 6) is 0.758. The fourth-order valence-corrected chi connectivity index (χ4v) is 5.37. The van der Waals surface area contributed by atoms with Crippen LogP contribution >= 0.6 is 51.2 Å². The number of ketones is 2. The normalized spacial score (nSPS) is 12.3. The van der Waals surface area contributed by atoms with Gasteiger partial charge in [0, 0.05) is 199 Å². The maximum Gasteiger partial charge on any atom is 0.300 e. The molecule has 8 rings (SSSR count). The Labute approximate surface area is 605 Å². The quantitative estimate of drug-likeness (QED) is 0.0815. The zero-order chi connectivity index (χ0) is 66.0. The Balaban J connectivity index is -0.0000000818. The molecule has 87 heavy (non-hydrogen) atoms. The number of rotatable bonds is 6. The van der Waals surface area contributed by atoms with Gasteiger partial charge in [-0.1, -0.05) is 197 Å². The number of nitrogens with one attached hydrogen (secondary N) is 1. The maximum atomic E-state index is 11.0. The number of nitrogens with zero attached hydrogens (tertiary/aromatic N) is 5. The molecule has 0 bridgehead atoms. The fraction of sp³-hybridized carbons (Fsp3) is 0.516. The number of aliphatic hydroxyl groups is 2. The van der Waals surface area contributed by atoms with Crippen LogP contribution in [0.3, 0.4) is 0 Å². The first-order valence-electron chi connectivity index (χ1n) is 27.3. The summed E-state index contributed by atoms with van der Waals surface area (Å²) in [6.07, 6.45) is 15.4. The molecule has 4 heterocycles. The number of benzene rings is 4. The third kappa shape index (κ3) is 97.7. The van der Waals surface area contributed by atoms with Crippen LogP contribution in [0.2, 0.25) is 0 Å². The Morgan fingerprint density at radius 2 is 0.644 bits per heavy atom. The van der Waals surface area contributed by atoms with Gasteiger partial charge in [-0.2, -0.15) is 48.1 Å². The molecule has 4 N–H and O–H groups in total. The van der Waals surface area contributed by atoms with Crippen molar-refractivity contribution in [3.05, 3.63) is 146 Å². The smallest absolute Gasteiger partial charge is 0.300 e. The van der Waals surface area contributed by atoms with Crippen molar-refractivity contribution in [1.82, 2.24) is 29.8 Å². The van der Waals surface area contributed by atoms with Crippen LogP contribution in [0.25, 0.3) is 0 Å².